The van der Waals surface area contributed by atoms with Crippen LogP contribution in [0.3, 0.4) is 0 Å². The Labute approximate surface area is 235 Å². The van der Waals surface area contributed by atoms with Gasteiger partial charge in [-0.1, -0.05) is 18.2 Å². The number of amides is 2. The third-order valence-corrected chi connectivity index (χ3v) is 7.73. The number of aryl methyl sites for hydroxylation is 1. The molecule has 1 aliphatic heterocycles. The Hall–Kier alpha value is -4.08. The maximum atomic E-state index is 13.5. The Bertz CT molecular complexity index is 1680. The lowest BCUT2D eigenvalue weighted by atomic mass is 9.89. The van der Waals surface area contributed by atoms with Gasteiger partial charge in [-0.25, -0.2) is 4.21 Å². The normalized spacial score (nSPS) is 19.5. The van der Waals surface area contributed by atoms with Gasteiger partial charge in [0.05, 0.1) is 27.4 Å². The van der Waals surface area contributed by atoms with Crippen molar-refractivity contribution in [3.05, 3.63) is 64.8 Å². The number of rotatable bonds is 6. The van der Waals surface area contributed by atoms with Gasteiger partial charge in [0.15, 0.2) is 12.3 Å². The third kappa shape index (κ3) is 5.93. The van der Waals surface area contributed by atoms with Crippen LogP contribution in [-0.2, 0) is 39.2 Å². The summed E-state index contributed by atoms with van der Waals surface area (Å²) in [7, 11) is -3.27. The van der Waals surface area contributed by atoms with Gasteiger partial charge in [0.25, 0.3) is 5.91 Å². The summed E-state index contributed by atoms with van der Waals surface area (Å²) in [5.74, 6) is -2.20. The molecule has 1 unspecified atom stereocenters. The molecule has 2 amide bonds. The highest BCUT2D eigenvalue weighted by molar-refractivity contribution is 7.92. The molecule has 1 aliphatic carbocycles. The fourth-order valence-corrected chi connectivity index (χ4v) is 5.79. The zero-order valence-electron chi connectivity index (χ0n) is 21.8. The van der Waals surface area contributed by atoms with Crippen LogP contribution in [0.4, 0.5) is 32.0 Å². The molecule has 224 valence electrons. The van der Waals surface area contributed by atoms with Crippen molar-refractivity contribution in [2.75, 3.05) is 23.9 Å². The number of carbonyl (C=O) groups excluding carboxylic acids is 2. The van der Waals surface area contributed by atoms with E-state index < -0.39 is 57.4 Å². The van der Waals surface area contributed by atoms with Crippen LogP contribution in [0.1, 0.15) is 33.6 Å². The highest BCUT2D eigenvalue weighted by Gasteiger charge is 2.46. The number of hydrogen-bond donors (Lipinski definition) is 3. The molecule has 0 saturated carbocycles. The van der Waals surface area contributed by atoms with Crippen molar-refractivity contribution in [3.63, 3.8) is 0 Å². The van der Waals surface area contributed by atoms with E-state index in [4.69, 9.17) is 9.52 Å². The lowest BCUT2D eigenvalue weighted by molar-refractivity contribution is -0.153. The van der Waals surface area contributed by atoms with E-state index in [-0.39, 0.29) is 34.9 Å². The number of hydrogen-bond acceptors (Lipinski definition) is 6. The van der Waals surface area contributed by atoms with Crippen molar-refractivity contribution in [2.45, 2.75) is 37.3 Å². The van der Waals surface area contributed by atoms with E-state index in [1.807, 2.05) is 0 Å². The molecule has 2 aliphatic rings. The molecule has 2 atom stereocenters. The summed E-state index contributed by atoms with van der Waals surface area (Å²) in [5.41, 5.74) is -0.706. The Morgan fingerprint density at radius 1 is 1.17 bits per heavy atom. The predicted molar refractivity (Wildman–Crippen MR) is 138 cm³/mol. The molecule has 3 aromatic rings. The smallest absolute Gasteiger partial charge is 0.422 e. The van der Waals surface area contributed by atoms with Gasteiger partial charge in [-0.05, 0) is 48.2 Å². The van der Waals surface area contributed by atoms with E-state index in [2.05, 4.69) is 15.7 Å². The SMILES string of the molecule is CS(=N)(=O)CC(=O)Nc1c(-c2ccc(C(F)(F)F)cc2)nn2c1C(=O)N[C@@]1(CCc3cc(OCC(F)(F)F)ccc31)C2. The van der Waals surface area contributed by atoms with Gasteiger partial charge < -0.3 is 15.4 Å². The minimum absolute atomic E-state index is 0.0130. The second kappa shape index (κ2) is 10.0. The molecule has 1 aromatic heterocycles. The summed E-state index contributed by atoms with van der Waals surface area (Å²) in [6, 6.07) is 8.34. The van der Waals surface area contributed by atoms with E-state index in [0.29, 0.717) is 24.0 Å². The van der Waals surface area contributed by atoms with E-state index in [1.54, 1.807) is 6.07 Å². The first kappa shape index (κ1) is 29.4. The van der Waals surface area contributed by atoms with Crippen LogP contribution in [0.2, 0.25) is 0 Å². The van der Waals surface area contributed by atoms with Crippen LogP contribution in [0, 0.1) is 4.78 Å². The number of nitrogens with one attached hydrogen (secondary N) is 3. The summed E-state index contributed by atoms with van der Waals surface area (Å²) in [6.45, 7) is -1.42. The number of ether oxygens (including phenoxy) is 1. The fraction of sp³-hybridized carbons (Fsp3) is 0.346. The highest BCUT2D eigenvalue weighted by Crippen LogP contribution is 2.44. The first-order valence-corrected chi connectivity index (χ1v) is 14.5. The number of nitrogens with zero attached hydrogens (tertiary/aromatic N) is 2. The van der Waals surface area contributed by atoms with Crippen LogP contribution in [0.5, 0.6) is 5.75 Å². The monoisotopic (exact) mass is 615 g/mol. The molecule has 42 heavy (non-hydrogen) atoms. The lowest BCUT2D eigenvalue weighted by Crippen LogP contribution is -2.52. The Morgan fingerprint density at radius 3 is 2.48 bits per heavy atom. The van der Waals surface area contributed by atoms with Gasteiger partial charge in [0, 0.05) is 11.8 Å². The van der Waals surface area contributed by atoms with Gasteiger partial charge in [-0.15, -0.1) is 0 Å². The van der Waals surface area contributed by atoms with Crippen molar-refractivity contribution in [1.82, 2.24) is 15.1 Å². The summed E-state index contributed by atoms with van der Waals surface area (Å²) in [4.78, 5) is 26.2. The number of benzene rings is 2. The molecular weight excluding hydrogens is 592 g/mol. The quantitative estimate of drug-likeness (QED) is 0.347. The highest BCUT2D eigenvalue weighted by atomic mass is 32.2. The zero-order valence-corrected chi connectivity index (χ0v) is 22.6. The molecule has 0 fully saturated rings. The summed E-state index contributed by atoms with van der Waals surface area (Å²) < 4.78 is 103. The maximum Gasteiger partial charge on any atom is 0.422 e. The van der Waals surface area contributed by atoms with E-state index in [9.17, 15) is 40.1 Å². The number of halogens is 6. The largest absolute Gasteiger partial charge is 0.484 e. The molecule has 9 nitrogen and oxygen atoms in total. The van der Waals surface area contributed by atoms with Crippen molar-refractivity contribution in [2.24, 2.45) is 0 Å². The van der Waals surface area contributed by atoms with Crippen LogP contribution >= 0.6 is 0 Å². The van der Waals surface area contributed by atoms with Crippen LogP contribution in [0.15, 0.2) is 42.5 Å². The summed E-state index contributed by atoms with van der Waals surface area (Å²) >= 11 is 0. The van der Waals surface area contributed by atoms with Gasteiger partial charge in [0.1, 0.15) is 22.9 Å². The minimum Gasteiger partial charge on any atom is -0.484 e. The molecule has 2 heterocycles. The number of aromatic nitrogens is 2. The van der Waals surface area contributed by atoms with E-state index >= 15 is 0 Å². The standard InChI is InChI=1S/C26H23F6N5O4S/c1-42(33,40)11-19(38)34-21-20(14-2-4-16(5-3-14)26(30,31)32)36-37-12-24(35-23(39)22(21)37)9-8-15-10-17(6-7-18(15)24)41-13-25(27,28)29/h2-7,10,33H,8-9,11-13H2,1H3,(H,34,38)(H,35,39)/t24-,42?/m0/s1. The van der Waals surface area contributed by atoms with Crippen molar-refractivity contribution >= 4 is 27.2 Å². The molecular formula is C26H23F6N5O4S. The molecule has 0 bridgehead atoms. The number of carbonyl (C=O) groups is 2. The first-order valence-electron chi connectivity index (χ1n) is 12.4. The Morgan fingerprint density at radius 2 is 1.86 bits per heavy atom. The van der Waals surface area contributed by atoms with Crippen molar-refractivity contribution < 1.29 is 44.9 Å². The maximum absolute atomic E-state index is 13.5. The molecule has 0 saturated heterocycles. The first-order chi connectivity index (χ1) is 19.4. The molecule has 3 N–H and O–H groups in total. The van der Waals surface area contributed by atoms with Crippen LogP contribution < -0.4 is 15.4 Å². The average Bonchev–Trinajstić information content (AvgIpc) is 3.39. The Balaban J connectivity index is 1.53. The van der Waals surface area contributed by atoms with Crippen molar-refractivity contribution in [1.29, 1.82) is 4.78 Å². The van der Waals surface area contributed by atoms with Gasteiger partial charge in [-0.2, -0.15) is 31.4 Å². The minimum atomic E-state index is -4.60. The van der Waals surface area contributed by atoms with E-state index in [0.717, 1.165) is 30.5 Å². The molecule has 0 radical (unpaired) electrons. The number of alkyl halides is 6. The number of anilines is 1. The summed E-state index contributed by atoms with van der Waals surface area (Å²) in [5, 5.41) is 9.86. The second-order valence-electron chi connectivity index (χ2n) is 10.3. The fourth-order valence-electron chi connectivity index (χ4n) is 5.22. The van der Waals surface area contributed by atoms with Gasteiger partial charge in [0.2, 0.25) is 5.91 Å². The van der Waals surface area contributed by atoms with Crippen LogP contribution in [0.25, 0.3) is 11.3 Å². The molecule has 5 rings (SSSR count). The number of fused-ring (bicyclic) bond motifs is 3. The summed E-state index contributed by atoms with van der Waals surface area (Å²) in [6.07, 6.45) is -7.29. The molecule has 2 aromatic carbocycles. The van der Waals surface area contributed by atoms with E-state index in [1.165, 1.54) is 16.8 Å². The lowest BCUT2D eigenvalue weighted by Gasteiger charge is -2.36. The second-order valence-corrected chi connectivity index (χ2v) is 12.6. The molecule has 1 spiro atoms. The molecule has 16 heteroatoms. The zero-order chi connectivity index (χ0) is 30.7. The third-order valence-electron chi connectivity index (χ3n) is 6.91. The van der Waals surface area contributed by atoms with Gasteiger partial charge >= 0.3 is 12.4 Å². The average molecular weight is 616 g/mol. The predicted octanol–water partition coefficient (Wildman–Crippen LogP) is 4.71. The van der Waals surface area contributed by atoms with Crippen LogP contribution in [-0.4, -0.2) is 50.6 Å². The Kier molecular flexibility index (Phi) is 7.02. The van der Waals surface area contributed by atoms with Crippen molar-refractivity contribution in [3.8, 4) is 17.0 Å². The van der Waals surface area contributed by atoms with Gasteiger partial charge in [-0.3, -0.25) is 19.1 Å². The topological polar surface area (TPSA) is 126 Å².